The maximum absolute atomic E-state index is 14.1. The Hall–Kier alpha value is -2.33. The zero-order chi connectivity index (χ0) is 23.3. The highest BCUT2D eigenvalue weighted by Crippen LogP contribution is 2.25. The van der Waals surface area contributed by atoms with Gasteiger partial charge in [0.05, 0.1) is 6.54 Å². The van der Waals surface area contributed by atoms with E-state index in [-0.39, 0.29) is 37.0 Å². The maximum atomic E-state index is 14.1. The Morgan fingerprint density at radius 3 is 2.88 bits per heavy atom. The fourth-order valence-electron chi connectivity index (χ4n) is 3.32. The van der Waals surface area contributed by atoms with E-state index in [1.54, 1.807) is 36.0 Å². The molecule has 1 saturated heterocycles. The van der Waals surface area contributed by atoms with Gasteiger partial charge in [0.2, 0.25) is 5.91 Å². The number of rotatable bonds is 14. The molecule has 1 unspecified atom stereocenters. The molecule has 0 spiro atoms. The van der Waals surface area contributed by atoms with Crippen molar-refractivity contribution in [1.29, 1.82) is 0 Å². The van der Waals surface area contributed by atoms with E-state index in [1.165, 1.54) is 11.0 Å². The minimum absolute atomic E-state index is 0.00676. The first kappa shape index (κ1) is 25.9. The van der Waals surface area contributed by atoms with Gasteiger partial charge in [-0.2, -0.15) is 0 Å². The Balaban J connectivity index is 1.68. The van der Waals surface area contributed by atoms with Crippen LogP contribution in [-0.2, 0) is 9.59 Å². The fraction of sp³-hybridized carbons (Fsp3) is 0.591. The lowest BCUT2D eigenvalue weighted by Gasteiger charge is -2.19. The molecular weight excluding hydrogens is 435 g/mol. The van der Waals surface area contributed by atoms with Gasteiger partial charge in [0.15, 0.2) is 18.3 Å². The van der Waals surface area contributed by atoms with Crippen LogP contribution >= 0.6 is 11.9 Å². The van der Waals surface area contributed by atoms with Crippen LogP contribution in [0.25, 0.3) is 0 Å². The molecule has 1 aromatic carbocycles. The van der Waals surface area contributed by atoms with Crippen molar-refractivity contribution in [3.05, 3.63) is 29.6 Å². The van der Waals surface area contributed by atoms with Gasteiger partial charge in [0.1, 0.15) is 6.29 Å². The van der Waals surface area contributed by atoms with Crippen LogP contribution in [0.1, 0.15) is 50.6 Å². The van der Waals surface area contributed by atoms with Crippen molar-refractivity contribution in [2.24, 2.45) is 0 Å². The van der Waals surface area contributed by atoms with Crippen molar-refractivity contribution in [2.75, 3.05) is 39.2 Å². The van der Waals surface area contributed by atoms with Crippen LogP contribution in [0.5, 0.6) is 5.75 Å². The van der Waals surface area contributed by atoms with Gasteiger partial charge in [-0.25, -0.2) is 9.18 Å². The van der Waals surface area contributed by atoms with Gasteiger partial charge in [-0.05, 0) is 43.9 Å². The summed E-state index contributed by atoms with van der Waals surface area (Å²) >= 11 is 1.59. The Labute approximate surface area is 193 Å². The summed E-state index contributed by atoms with van der Waals surface area (Å²) in [5.41, 5.74) is 0.900. The molecule has 10 heteroatoms. The molecule has 1 fully saturated rings. The number of unbranched alkanes of at least 4 members (excludes halogenated alkanes) is 2. The predicted molar refractivity (Wildman–Crippen MR) is 123 cm³/mol. The van der Waals surface area contributed by atoms with E-state index in [4.69, 9.17) is 4.74 Å². The van der Waals surface area contributed by atoms with E-state index in [2.05, 4.69) is 10.0 Å². The molecule has 8 nitrogen and oxygen atoms in total. The van der Waals surface area contributed by atoms with Crippen molar-refractivity contribution in [3.8, 4) is 5.75 Å². The quantitative estimate of drug-likeness (QED) is 0.248. The van der Waals surface area contributed by atoms with Gasteiger partial charge >= 0.3 is 6.03 Å². The standard InChI is InChI=1S/C22H33FN4O4S/c1-17(25-32-14-5-3-4-10-26(12-13-28)22(30)24-2)18-8-9-19(23)20(15-18)31-16-27-11-6-7-21(27)29/h8-9,13,15,17,25H,3-7,10-12,14,16H2,1-2H3,(H,24,30). The first-order valence-corrected chi connectivity index (χ1v) is 11.9. The molecule has 32 heavy (non-hydrogen) atoms. The number of amides is 3. The Morgan fingerprint density at radius 2 is 2.19 bits per heavy atom. The number of carbonyl (C=O) groups is 3. The van der Waals surface area contributed by atoms with Gasteiger partial charge in [-0.15, -0.1) is 0 Å². The number of likely N-dealkylation sites (tertiary alicyclic amines) is 1. The topological polar surface area (TPSA) is 91.0 Å². The zero-order valence-corrected chi connectivity index (χ0v) is 19.6. The molecular formula is C22H33FN4O4S. The number of halogens is 1. The summed E-state index contributed by atoms with van der Waals surface area (Å²) in [4.78, 5) is 37.1. The molecule has 0 aliphatic carbocycles. The second-order valence-electron chi connectivity index (χ2n) is 7.64. The van der Waals surface area contributed by atoms with E-state index in [9.17, 15) is 18.8 Å². The highest BCUT2D eigenvalue weighted by atomic mass is 32.2. The van der Waals surface area contributed by atoms with Gasteiger partial charge < -0.3 is 24.6 Å². The minimum atomic E-state index is -0.444. The van der Waals surface area contributed by atoms with Crippen molar-refractivity contribution in [2.45, 2.75) is 45.1 Å². The SMILES string of the molecule is CNC(=O)N(CC=O)CCCCCSNC(C)c1ccc(F)c(OCN2CCCC2=O)c1. The second-order valence-corrected chi connectivity index (χ2v) is 8.57. The summed E-state index contributed by atoms with van der Waals surface area (Å²) in [6, 6.07) is 4.54. The lowest BCUT2D eigenvalue weighted by Crippen LogP contribution is -2.39. The Morgan fingerprint density at radius 1 is 1.38 bits per heavy atom. The number of hydrogen-bond acceptors (Lipinski definition) is 6. The molecule has 3 amide bonds. The minimum Gasteiger partial charge on any atom is -0.470 e. The highest BCUT2D eigenvalue weighted by molar-refractivity contribution is 7.97. The third-order valence-corrected chi connectivity index (χ3v) is 6.25. The summed E-state index contributed by atoms with van der Waals surface area (Å²) in [6.07, 6.45) is 4.81. The molecule has 2 N–H and O–H groups in total. The predicted octanol–water partition coefficient (Wildman–Crippen LogP) is 3.09. The number of nitrogens with one attached hydrogen (secondary N) is 2. The molecule has 2 rings (SSSR count). The summed E-state index contributed by atoms with van der Waals surface area (Å²) in [6.45, 7) is 3.36. The number of urea groups is 1. The number of hydrogen-bond donors (Lipinski definition) is 2. The van der Waals surface area contributed by atoms with Crippen molar-refractivity contribution >= 4 is 30.2 Å². The van der Waals surface area contributed by atoms with Gasteiger partial charge in [0, 0.05) is 38.4 Å². The van der Waals surface area contributed by atoms with E-state index in [1.807, 2.05) is 6.92 Å². The lowest BCUT2D eigenvalue weighted by molar-refractivity contribution is -0.130. The van der Waals surface area contributed by atoms with Crippen LogP contribution < -0.4 is 14.8 Å². The van der Waals surface area contributed by atoms with E-state index >= 15 is 0 Å². The summed E-state index contributed by atoms with van der Waals surface area (Å²) < 4.78 is 23.0. The van der Waals surface area contributed by atoms with Crippen LogP contribution in [-0.4, -0.2) is 67.2 Å². The van der Waals surface area contributed by atoms with Crippen LogP contribution in [0.4, 0.5) is 9.18 Å². The third-order valence-electron chi connectivity index (χ3n) is 5.23. The molecule has 1 aromatic rings. The van der Waals surface area contributed by atoms with Crippen molar-refractivity contribution in [1.82, 2.24) is 19.8 Å². The molecule has 0 radical (unpaired) electrons. The van der Waals surface area contributed by atoms with Gasteiger partial charge in [-0.1, -0.05) is 24.4 Å². The molecule has 1 heterocycles. The molecule has 0 bridgehead atoms. The first-order chi connectivity index (χ1) is 15.5. The highest BCUT2D eigenvalue weighted by Gasteiger charge is 2.21. The normalized spacial score (nSPS) is 14.3. The van der Waals surface area contributed by atoms with Crippen molar-refractivity contribution < 1.29 is 23.5 Å². The average molecular weight is 469 g/mol. The fourth-order valence-corrected chi connectivity index (χ4v) is 4.17. The van der Waals surface area contributed by atoms with E-state index in [0.29, 0.717) is 19.5 Å². The Bertz CT molecular complexity index is 767. The lowest BCUT2D eigenvalue weighted by atomic mass is 10.1. The van der Waals surface area contributed by atoms with E-state index < -0.39 is 5.82 Å². The number of ether oxygens (including phenoxy) is 1. The molecule has 0 saturated carbocycles. The smallest absolute Gasteiger partial charge is 0.317 e. The molecule has 1 aliphatic rings. The van der Waals surface area contributed by atoms with Gasteiger partial charge in [-0.3, -0.25) is 9.52 Å². The van der Waals surface area contributed by atoms with Crippen LogP contribution in [0, 0.1) is 5.82 Å². The molecule has 0 aromatic heterocycles. The third kappa shape index (κ3) is 8.31. The monoisotopic (exact) mass is 468 g/mol. The average Bonchev–Trinajstić information content (AvgIpc) is 3.21. The van der Waals surface area contributed by atoms with Gasteiger partial charge in [0.25, 0.3) is 0 Å². The maximum Gasteiger partial charge on any atom is 0.317 e. The summed E-state index contributed by atoms with van der Waals surface area (Å²) in [5.74, 6) is 0.634. The number of nitrogens with zero attached hydrogens (tertiary/aromatic N) is 2. The second kappa shape index (κ2) is 13.9. The number of carbonyl (C=O) groups excluding carboxylic acids is 3. The first-order valence-electron chi connectivity index (χ1n) is 10.9. The molecule has 1 aliphatic heterocycles. The van der Waals surface area contributed by atoms with Crippen LogP contribution in [0.3, 0.4) is 0 Å². The summed E-state index contributed by atoms with van der Waals surface area (Å²) in [5, 5.41) is 2.53. The summed E-state index contributed by atoms with van der Waals surface area (Å²) in [7, 11) is 1.55. The molecule has 178 valence electrons. The zero-order valence-electron chi connectivity index (χ0n) is 18.8. The van der Waals surface area contributed by atoms with E-state index in [0.717, 1.165) is 43.3 Å². The molecule has 1 atom stereocenters. The van der Waals surface area contributed by atoms with Crippen molar-refractivity contribution in [3.63, 3.8) is 0 Å². The van der Waals surface area contributed by atoms with Crippen LogP contribution in [0.15, 0.2) is 18.2 Å². The largest absolute Gasteiger partial charge is 0.470 e. The Kier molecular flexibility index (Phi) is 11.3. The number of aldehydes is 1. The van der Waals surface area contributed by atoms with Crippen LogP contribution in [0.2, 0.25) is 0 Å². The number of benzene rings is 1.